The predicted octanol–water partition coefficient (Wildman–Crippen LogP) is 2.28. The van der Waals surface area contributed by atoms with E-state index in [0.717, 1.165) is 30.9 Å². The van der Waals surface area contributed by atoms with Gasteiger partial charge in [-0.25, -0.2) is 0 Å². The highest BCUT2D eigenvalue weighted by Crippen LogP contribution is 2.17. The molecular formula is C12H16N2OS. The minimum absolute atomic E-state index is 0.365. The summed E-state index contributed by atoms with van der Waals surface area (Å²) in [5.74, 6) is 0. The highest BCUT2D eigenvalue weighted by Gasteiger charge is 2.18. The van der Waals surface area contributed by atoms with Gasteiger partial charge in [0.15, 0.2) is 0 Å². The summed E-state index contributed by atoms with van der Waals surface area (Å²) in [4.78, 5) is 2.02. The minimum atomic E-state index is 0.365. The van der Waals surface area contributed by atoms with E-state index in [1.165, 1.54) is 4.88 Å². The van der Waals surface area contributed by atoms with Crippen molar-refractivity contribution in [3.8, 4) is 6.07 Å². The number of thiophene rings is 1. The molecule has 1 saturated heterocycles. The molecule has 4 heteroatoms. The van der Waals surface area contributed by atoms with Gasteiger partial charge in [0.25, 0.3) is 0 Å². The average molecular weight is 236 g/mol. The van der Waals surface area contributed by atoms with Gasteiger partial charge < -0.3 is 10.1 Å². The van der Waals surface area contributed by atoms with Gasteiger partial charge in [-0.1, -0.05) is 0 Å². The van der Waals surface area contributed by atoms with Crippen molar-refractivity contribution in [3.63, 3.8) is 0 Å². The van der Waals surface area contributed by atoms with Gasteiger partial charge in [-0.05, 0) is 31.9 Å². The fraction of sp³-hybridized carbons (Fsp3) is 0.583. The molecule has 1 N–H and O–H groups in total. The van der Waals surface area contributed by atoms with E-state index in [1.807, 2.05) is 12.1 Å². The molecule has 2 atom stereocenters. The summed E-state index contributed by atoms with van der Waals surface area (Å²) < 4.78 is 5.50. The second-order valence-electron chi connectivity index (χ2n) is 4.16. The van der Waals surface area contributed by atoms with E-state index >= 15 is 0 Å². The summed E-state index contributed by atoms with van der Waals surface area (Å²) in [5.41, 5.74) is 0. The second-order valence-corrected chi connectivity index (χ2v) is 5.33. The highest BCUT2D eigenvalue weighted by molar-refractivity contribution is 7.12. The van der Waals surface area contributed by atoms with Gasteiger partial charge in [0.2, 0.25) is 0 Å². The zero-order valence-corrected chi connectivity index (χ0v) is 10.2. The number of hydrogen-bond acceptors (Lipinski definition) is 4. The van der Waals surface area contributed by atoms with Crippen molar-refractivity contribution in [2.45, 2.75) is 38.5 Å². The van der Waals surface area contributed by atoms with E-state index in [1.54, 1.807) is 11.3 Å². The fourth-order valence-corrected chi connectivity index (χ4v) is 2.72. The molecule has 2 rings (SSSR count). The molecule has 3 nitrogen and oxygen atoms in total. The van der Waals surface area contributed by atoms with Crippen molar-refractivity contribution < 1.29 is 4.74 Å². The third-order valence-corrected chi connectivity index (χ3v) is 3.81. The number of ether oxygens (including phenoxy) is 1. The maximum Gasteiger partial charge on any atom is 0.110 e. The Bertz CT molecular complexity index is 383. The lowest BCUT2D eigenvalue weighted by atomic mass is 10.0. The van der Waals surface area contributed by atoms with Gasteiger partial charge in [0, 0.05) is 24.1 Å². The van der Waals surface area contributed by atoms with Crippen molar-refractivity contribution in [3.05, 3.63) is 21.9 Å². The van der Waals surface area contributed by atoms with Gasteiger partial charge in [0.1, 0.15) is 10.9 Å². The molecule has 0 aliphatic carbocycles. The van der Waals surface area contributed by atoms with Crippen molar-refractivity contribution in [2.24, 2.45) is 0 Å². The van der Waals surface area contributed by atoms with Gasteiger partial charge in [-0.2, -0.15) is 5.26 Å². The van der Waals surface area contributed by atoms with Crippen LogP contribution in [0.4, 0.5) is 0 Å². The first kappa shape index (κ1) is 11.6. The number of nitriles is 1. The molecule has 0 radical (unpaired) electrons. The van der Waals surface area contributed by atoms with Crippen molar-refractivity contribution in [2.75, 3.05) is 6.61 Å². The Labute approximate surface area is 100 Å². The zero-order valence-electron chi connectivity index (χ0n) is 9.40. The first-order valence-electron chi connectivity index (χ1n) is 5.61. The summed E-state index contributed by atoms with van der Waals surface area (Å²) >= 11 is 1.57. The lowest BCUT2D eigenvalue weighted by Crippen LogP contribution is -2.37. The van der Waals surface area contributed by atoms with Crippen molar-refractivity contribution in [1.82, 2.24) is 5.32 Å². The quantitative estimate of drug-likeness (QED) is 0.875. The van der Waals surface area contributed by atoms with Crippen LogP contribution in [0.3, 0.4) is 0 Å². The third kappa shape index (κ3) is 3.05. The molecule has 2 heterocycles. The van der Waals surface area contributed by atoms with E-state index in [4.69, 9.17) is 10.00 Å². The Kier molecular flexibility index (Phi) is 3.94. The molecule has 0 aromatic carbocycles. The van der Waals surface area contributed by atoms with Gasteiger partial charge in [-0.15, -0.1) is 11.3 Å². The predicted molar refractivity (Wildman–Crippen MR) is 64.3 cm³/mol. The molecule has 2 unspecified atom stereocenters. The Balaban J connectivity index is 1.80. The standard InChI is InChI=1S/C12H16N2OS/c1-9-6-10(4-5-15-9)14-8-12-3-2-11(7-13)16-12/h2-3,9-10,14H,4-6,8H2,1H3. The average Bonchev–Trinajstić information content (AvgIpc) is 2.74. The molecule has 86 valence electrons. The molecule has 0 bridgehead atoms. The van der Waals surface area contributed by atoms with Crippen molar-refractivity contribution >= 4 is 11.3 Å². The molecule has 0 amide bonds. The zero-order chi connectivity index (χ0) is 11.4. The number of hydrogen-bond donors (Lipinski definition) is 1. The second kappa shape index (κ2) is 5.44. The van der Waals surface area contributed by atoms with Crippen molar-refractivity contribution in [1.29, 1.82) is 5.26 Å². The van der Waals surface area contributed by atoms with Crippen LogP contribution in [-0.2, 0) is 11.3 Å². The fourth-order valence-electron chi connectivity index (χ4n) is 1.96. The topological polar surface area (TPSA) is 45.0 Å². The van der Waals surface area contributed by atoms with Crippen LogP contribution in [0, 0.1) is 11.3 Å². The Morgan fingerprint density at radius 3 is 3.19 bits per heavy atom. The van der Waals surface area contributed by atoms with Crippen LogP contribution in [0.5, 0.6) is 0 Å². The van der Waals surface area contributed by atoms with E-state index < -0.39 is 0 Å². The van der Waals surface area contributed by atoms with E-state index in [0.29, 0.717) is 12.1 Å². The van der Waals surface area contributed by atoms with Gasteiger partial charge >= 0.3 is 0 Å². The molecule has 16 heavy (non-hydrogen) atoms. The number of rotatable bonds is 3. The molecule has 1 aliphatic heterocycles. The smallest absolute Gasteiger partial charge is 0.110 e. The SMILES string of the molecule is CC1CC(NCc2ccc(C#N)s2)CCO1. The molecule has 1 aliphatic rings. The van der Waals surface area contributed by atoms with Crippen LogP contribution < -0.4 is 5.32 Å². The van der Waals surface area contributed by atoms with E-state index in [-0.39, 0.29) is 0 Å². The first-order valence-corrected chi connectivity index (χ1v) is 6.43. The largest absolute Gasteiger partial charge is 0.378 e. The third-order valence-electron chi connectivity index (χ3n) is 2.82. The number of nitrogens with one attached hydrogen (secondary N) is 1. The lowest BCUT2D eigenvalue weighted by molar-refractivity contribution is 0.0131. The summed E-state index contributed by atoms with van der Waals surface area (Å²) in [6, 6.07) is 6.63. The molecule has 1 aromatic heterocycles. The van der Waals surface area contributed by atoms with E-state index in [2.05, 4.69) is 18.3 Å². The van der Waals surface area contributed by atoms with Crippen LogP contribution in [0.1, 0.15) is 29.5 Å². The summed E-state index contributed by atoms with van der Waals surface area (Å²) in [5, 5.41) is 12.3. The maximum absolute atomic E-state index is 8.73. The lowest BCUT2D eigenvalue weighted by Gasteiger charge is -2.27. The van der Waals surface area contributed by atoms with Gasteiger partial charge in [-0.3, -0.25) is 0 Å². The van der Waals surface area contributed by atoms with Crippen LogP contribution in [-0.4, -0.2) is 18.8 Å². The summed E-state index contributed by atoms with van der Waals surface area (Å²) in [6.07, 6.45) is 2.53. The first-order chi connectivity index (χ1) is 7.78. The molecule has 1 aromatic rings. The molecular weight excluding hydrogens is 220 g/mol. The van der Waals surface area contributed by atoms with Crippen LogP contribution in [0.15, 0.2) is 12.1 Å². The maximum atomic E-state index is 8.73. The highest BCUT2D eigenvalue weighted by atomic mass is 32.1. The number of nitrogens with zero attached hydrogens (tertiary/aromatic N) is 1. The van der Waals surface area contributed by atoms with Crippen LogP contribution >= 0.6 is 11.3 Å². The Hall–Kier alpha value is -0.890. The van der Waals surface area contributed by atoms with E-state index in [9.17, 15) is 0 Å². The molecule has 0 saturated carbocycles. The summed E-state index contributed by atoms with van der Waals surface area (Å²) in [7, 11) is 0. The Morgan fingerprint density at radius 1 is 1.62 bits per heavy atom. The normalized spacial score (nSPS) is 25.2. The Morgan fingerprint density at radius 2 is 2.50 bits per heavy atom. The monoisotopic (exact) mass is 236 g/mol. The summed E-state index contributed by atoms with van der Waals surface area (Å²) in [6.45, 7) is 3.84. The molecule has 1 fully saturated rings. The molecule has 0 spiro atoms. The van der Waals surface area contributed by atoms with Gasteiger partial charge in [0.05, 0.1) is 6.10 Å². The van der Waals surface area contributed by atoms with Crippen LogP contribution in [0.25, 0.3) is 0 Å². The van der Waals surface area contributed by atoms with Crippen LogP contribution in [0.2, 0.25) is 0 Å². The minimum Gasteiger partial charge on any atom is -0.378 e.